The van der Waals surface area contributed by atoms with Crippen molar-refractivity contribution in [2.75, 3.05) is 12.3 Å². The van der Waals surface area contributed by atoms with Crippen molar-refractivity contribution in [3.63, 3.8) is 0 Å². The van der Waals surface area contributed by atoms with E-state index >= 15 is 0 Å². The van der Waals surface area contributed by atoms with Gasteiger partial charge in [-0.3, -0.25) is 0 Å². The summed E-state index contributed by atoms with van der Waals surface area (Å²) in [6.07, 6.45) is 4.14. The van der Waals surface area contributed by atoms with Crippen LogP contribution in [0.5, 0.6) is 0 Å². The number of nitrogens with zero attached hydrogens (tertiary/aromatic N) is 1. The first kappa shape index (κ1) is 14.3. The van der Waals surface area contributed by atoms with Crippen LogP contribution in [0.2, 0.25) is 0 Å². The number of nitrogen functional groups attached to an aromatic ring is 1. The standard InChI is InChI=1S/C14H22N2O2S/c1-3-16(12-6-4-5-7-12)19(17,18)14-9-8-11(2)10-13(14)15/h8-10,12H,3-7,15H2,1-2H3. The minimum atomic E-state index is -3.47. The highest BCUT2D eigenvalue weighted by Gasteiger charge is 2.32. The van der Waals surface area contributed by atoms with Gasteiger partial charge in [-0.1, -0.05) is 25.8 Å². The molecular weight excluding hydrogens is 260 g/mol. The van der Waals surface area contributed by atoms with Crippen LogP contribution in [0.15, 0.2) is 23.1 Å². The van der Waals surface area contributed by atoms with Gasteiger partial charge in [-0.15, -0.1) is 0 Å². The Morgan fingerprint density at radius 1 is 1.32 bits per heavy atom. The molecule has 0 saturated heterocycles. The van der Waals surface area contributed by atoms with E-state index < -0.39 is 10.0 Å². The summed E-state index contributed by atoms with van der Waals surface area (Å²) in [7, 11) is -3.47. The van der Waals surface area contributed by atoms with Crippen molar-refractivity contribution in [3.8, 4) is 0 Å². The molecule has 0 radical (unpaired) electrons. The summed E-state index contributed by atoms with van der Waals surface area (Å²) in [5.74, 6) is 0. The third-order valence-corrected chi connectivity index (χ3v) is 5.90. The van der Waals surface area contributed by atoms with Gasteiger partial charge in [-0.05, 0) is 37.5 Å². The van der Waals surface area contributed by atoms with E-state index in [-0.39, 0.29) is 10.9 Å². The molecule has 1 aromatic carbocycles. The normalized spacial score (nSPS) is 17.2. The number of rotatable bonds is 4. The molecule has 5 heteroatoms. The van der Waals surface area contributed by atoms with Crippen molar-refractivity contribution in [1.82, 2.24) is 4.31 Å². The first-order chi connectivity index (χ1) is 8.96. The molecule has 0 atom stereocenters. The molecule has 2 N–H and O–H groups in total. The first-order valence-corrected chi connectivity index (χ1v) is 8.28. The Kier molecular flexibility index (Phi) is 4.16. The summed E-state index contributed by atoms with van der Waals surface area (Å²) in [6, 6.07) is 5.27. The SMILES string of the molecule is CCN(C1CCCC1)S(=O)(=O)c1ccc(C)cc1N. The van der Waals surface area contributed by atoms with E-state index in [4.69, 9.17) is 5.73 Å². The van der Waals surface area contributed by atoms with Gasteiger partial charge >= 0.3 is 0 Å². The molecule has 0 aromatic heterocycles. The summed E-state index contributed by atoms with van der Waals surface area (Å²) >= 11 is 0. The van der Waals surface area contributed by atoms with Crippen LogP contribution in [0.3, 0.4) is 0 Å². The summed E-state index contributed by atoms with van der Waals surface area (Å²) < 4.78 is 27.1. The van der Waals surface area contributed by atoms with Gasteiger partial charge in [0.05, 0.1) is 5.69 Å². The summed E-state index contributed by atoms with van der Waals surface area (Å²) in [5.41, 5.74) is 7.21. The second kappa shape index (κ2) is 5.51. The van der Waals surface area contributed by atoms with Gasteiger partial charge in [-0.25, -0.2) is 8.42 Å². The number of hydrogen-bond acceptors (Lipinski definition) is 3. The van der Waals surface area contributed by atoms with Crippen LogP contribution in [0.25, 0.3) is 0 Å². The zero-order chi connectivity index (χ0) is 14.0. The molecule has 106 valence electrons. The van der Waals surface area contributed by atoms with E-state index in [2.05, 4.69) is 0 Å². The van der Waals surface area contributed by atoms with Gasteiger partial charge in [0.1, 0.15) is 4.90 Å². The monoisotopic (exact) mass is 282 g/mol. The van der Waals surface area contributed by atoms with E-state index in [0.717, 1.165) is 31.2 Å². The van der Waals surface area contributed by atoms with Gasteiger partial charge in [0.2, 0.25) is 10.0 Å². The van der Waals surface area contributed by atoms with Crippen LogP contribution in [-0.2, 0) is 10.0 Å². The smallest absolute Gasteiger partial charge is 0.245 e. The Bertz CT molecular complexity index is 549. The third kappa shape index (κ3) is 2.77. The second-order valence-corrected chi connectivity index (χ2v) is 7.05. The molecule has 0 unspecified atom stereocenters. The molecule has 0 bridgehead atoms. The van der Waals surface area contributed by atoms with Gasteiger partial charge in [-0.2, -0.15) is 4.31 Å². The fourth-order valence-corrected chi connectivity index (χ4v) is 4.64. The third-order valence-electron chi connectivity index (χ3n) is 3.80. The van der Waals surface area contributed by atoms with Gasteiger partial charge in [0.25, 0.3) is 0 Å². The van der Waals surface area contributed by atoms with Crippen molar-refractivity contribution >= 4 is 15.7 Å². The molecule has 1 aromatic rings. The number of hydrogen-bond donors (Lipinski definition) is 1. The van der Waals surface area contributed by atoms with Crippen LogP contribution in [-0.4, -0.2) is 25.3 Å². The Balaban J connectivity index is 2.39. The Morgan fingerprint density at radius 3 is 2.47 bits per heavy atom. The van der Waals surface area contributed by atoms with Gasteiger partial charge in [0.15, 0.2) is 0 Å². The fourth-order valence-electron chi connectivity index (χ4n) is 2.85. The van der Waals surface area contributed by atoms with Crippen molar-refractivity contribution in [1.29, 1.82) is 0 Å². The maximum atomic E-state index is 12.7. The molecule has 1 aliphatic carbocycles. The zero-order valence-corrected chi connectivity index (χ0v) is 12.4. The maximum Gasteiger partial charge on any atom is 0.245 e. The summed E-state index contributed by atoms with van der Waals surface area (Å²) in [4.78, 5) is 0.242. The topological polar surface area (TPSA) is 63.4 Å². The van der Waals surface area contributed by atoms with Crippen molar-refractivity contribution < 1.29 is 8.42 Å². The predicted molar refractivity (Wildman–Crippen MR) is 77.4 cm³/mol. The second-order valence-electron chi connectivity index (χ2n) is 5.19. The first-order valence-electron chi connectivity index (χ1n) is 6.84. The highest BCUT2D eigenvalue weighted by atomic mass is 32.2. The summed E-state index contributed by atoms with van der Waals surface area (Å²) in [5, 5.41) is 0. The highest BCUT2D eigenvalue weighted by Crippen LogP contribution is 2.30. The molecule has 0 spiro atoms. The average Bonchev–Trinajstić information content (AvgIpc) is 2.82. The molecule has 1 saturated carbocycles. The van der Waals surface area contributed by atoms with E-state index in [1.807, 2.05) is 13.8 Å². The van der Waals surface area contributed by atoms with Crippen LogP contribution < -0.4 is 5.73 Å². The minimum absolute atomic E-state index is 0.135. The minimum Gasteiger partial charge on any atom is -0.398 e. The van der Waals surface area contributed by atoms with Gasteiger partial charge < -0.3 is 5.73 Å². The lowest BCUT2D eigenvalue weighted by atomic mass is 10.2. The Hall–Kier alpha value is -1.07. The van der Waals surface area contributed by atoms with Crippen molar-refractivity contribution in [2.24, 2.45) is 0 Å². The Labute approximate surface area is 115 Å². The molecule has 1 fully saturated rings. The molecule has 19 heavy (non-hydrogen) atoms. The number of aryl methyl sites for hydroxylation is 1. The van der Waals surface area contributed by atoms with Crippen LogP contribution in [0, 0.1) is 6.92 Å². The lowest BCUT2D eigenvalue weighted by Crippen LogP contribution is -2.38. The number of anilines is 1. The molecule has 4 nitrogen and oxygen atoms in total. The molecule has 0 heterocycles. The van der Waals surface area contributed by atoms with E-state index in [9.17, 15) is 8.42 Å². The molecular formula is C14H22N2O2S. The van der Waals surface area contributed by atoms with Crippen LogP contribution >= 0.6 is 0 Å². The molecule has 0 amide bonds. The van der Waals surface area contributed by atoms with Crippen LogP contribution in [0.1, 0.15) is 38.2 Å². The molecule has 2 rings (SSSR count). The van der Waals surface area contributed by atoms with E-state index in [1.165, 1.54) is 0 Å². The maximum absolute atomic E-state index is 12.7. The quantitative estimate of drug-likeness (QED) is 0.863. The lowest BCUT2D eigenvalue weighted by molar-refractivity contribution is 0.335. The Morgan fingerprint density at radius 2 is 1.95 bits per heavy atom. The van der Waals surface area contributed by atoms with E-state index in [0.29, 0.717) is 12.2 Å². The molecule has 1 aliphatic rings. The molecule has 0 aliphatic heterocycles. The lowest BCUT2D eigenvalue weighted by Gasteiger charge is -2.27. The van der Waals surface area contributed by atoms with Crippen molar-refractivity contribution in [2.45, 2.75) is 50.5 Å². The predicted octanol–water partition coefficient (Wildman–Crippen LogP) is 2.53. The average molecular weight is 282 g/mol. The fraction of sp³-hybridized carbons (Fsp3) is 0.571. The number of nitrogens with two attached hydrogens (primary N) is 1. The zero-order valence-electron chi connectivity index (χ0n) is 11.6. The largest absolute Gasteiger partial charge is 0.398 e. The highest BCUT2D eigenvalue weighted by molar-refractivity contribution is 7.89. The summed E-state index contributed by atoms with van der Waals surface area (Å²) in [6.45, 7) is 4.29. The number of sulfonamides is 1. The van der Waals surface area contributed by atoms with Gasteiger partial charge in [0, 0.05) is 12.6 Å². The van der Waals surface area contributed by atoms with Crippen LogP contribution in [0.4, 0.5) is 5.69 Å². The number of benzene rings is 1. The van der Waals surface area contributed by atoms with Crippen molar-refractivity contribution in [3.05, 3.63) is 23.8 Å². The van der Waals surface area contributed by atoms with E-state index in [1.54, 1.807) is 22.5 Å².